The summed E-state index contributed by atoms with van der Waals surface area (Å²) in [6.07, 6.45) is 6.99. The van der Waals surface area contributed by atoms with Gasteiger partial charge in [-0.05, 0) is 82.4 Å². The molecule has 0 aliphatic carbocycles. The number of nitrogens with one attached hydrogen (secondary N) is 1. The molecule has 12 nitrogen and oxygen atoms in total. The molecule has 2 aromatic heterocycles. The van der Waals surface area contributed by atoms with Crippen LogP contribution in [0.4, 0.5) is 10.6 Å². The van der Waals surface area contributed by atoms with Gasteiger partial charge in [0.25, 0.3) is 0 Å². The van der Waals surface area contributed by atoms with Crippen molar-refractivity contribution in [3.63, 3.8) is 0 Å². The summed E-state index contributed by atoms with van der Waals surface area (Å²) in [5, 5.41) is 4.18. The molecule has 2 aromatic carbocycles. The minimum atomic E-state index is -0.415. The molecule has 0 saturated carbocycles. The highest BCUT2D eigenvalue weighted by atomic mass is 16.6. The number of carbonyl (C=O) groups excluding carboxylic acids is 2. The van der Waals surface area contributed by atoms with Crippen LogP contribution in [0.25, 0.3) is 21.9 Å². The highest BCUT2D eigenvalue weighted by molar-refractivity contribution is 6.06. The van der Waals surface area contributed by atoms with Crippen LogP contribution in [0.15, 0.2) is 48.5 Å². The molecule has 3 N–H and O–H groups in total. The number of piperidine rings is 1. The lowest BCUT2D eigenvalue weighted by molar-refractivity contribution is -0.145. The number of imidazole rings is 1. The molecule has 1 aliphatic heterocycles. The van der Waals surface area contributed by atoms with E-state index in [1.807, 2.05) is 41.3 Å². The van der Waals surface area contributed by atoms with Crippen molar-refractivity contribution >= 4 is 39.8 Å². The molecular formula is C37H51N7O5. The van der Waals surface area contributed by atoms with Crippen molar-refractivity contribution in [2.24, 2.45) is 0 Å². The molecule has 0 spiro atoms. The van der Waals surface area contributed by atoms with Gasteiger partial charge in [-0.25, -0.2) is 19.6 Å². The van der Waals surface area contributed by atoms with Crippen LogP contribution in [0.5, 0.6) is 5.75 Å². The van der Waals surface area contributed by atoms with Crippen molar-refractivity contribution in [2.45, 2.75) is 65.0 Å². The average molecular weight is 674 g/mol. The van der Waals surface area contributed by atoms with E-state index in [1.165, 1.54) is 19.3 Å². The van der Waals surface area contributed by atoms with Crippen LogP contribution in [0, 0.1) is 0 Å². The molecule has 5 rings (SSSR count). The molecule has 0 unspecified atom stereocenters. The summed E-state index contributed by atoms with van der Waals surface area (Å²) in [7, 11) is 1.69. The number of aryl methyl sites for hydroxylation is 1. The molecule has 1 aliphatic rings. The predicted octanol–water partition coefficient (Wildman–Crippen LogP) is 5.17. The van der Waals surface area contributed by atoms with Gasteiger partial charge < -0.3 is 39.6 Å². The first-order valence-corrected chi connectivity index (χ1v) is 17.6. The maximum atomic E-state index is 13.6. The summed E-state index contributed by atoms with van der Waals surface area (Å²) >= 11 is 0. The minimum Gasteiger partial charge on any atom is -0.482 e. The van der Waals surface area contributed by atoms with E-state index in [9.17, 15) is 9.59 Å². The first kappa shape index (κ1) is 35.9. The molecule has 12 heteroatoms. The summed E-state index contributed by atoms with van der Waals surface area (Å²) in [6.45, 7) is 8.06. The number of fused-ring (bicyclic) bond motifs is 3. The van der Waals surface area contributed by atoms with Gasteiger partial charge in [0, 0.05) is 45.1 Å². The Bertz CT molecular complexity index is 1670. The average Bonchev–Trinajstić information content (AvgIpc) is 3.49. The van der Waals surface area contributed by atoms with Gasteiger partial charge in [-0.2, -0.15) is 0 Å². The van der Waals surface area contributed by atoms with Gasteiger partial charge in [0.1, 0.15) is 17.1 Å². The number of methoxy groups -OCH3 is 1. The number of ether oxygens (including phenoxy) is 3. The van der Waals surface area contributed by atoms with Gasteiger partial charge in [-0.1, -0.05) is 36.8 Å². The number of esters is 1. The van der Waals surface area contributed by atoms with Gasteiger partial charge in [0.2, 0.25) is 0 Å². The number of anilines is 1. The van der Waals surface area contributed by atoms with Gasteiger partial charge in [-0.3, -0.25) is 0 Å². The van der Waals surface area contributed by atoms with Gasteiger partial charge >= 0.3 is 12.0 Å². The molecule has 49 heavy (non-hydrogen) atoms. The molecule has 3 heterocycles. The number of hydrogen-bond donors (Lipinski definition) is 2. The Hall–Kier alpha value is -4.42. The number of urea groups is 1. The van der Waals surface area contributed by atoms with E-state index in [1.54, 1.807) is 20.1 Å². The number of amides is 2. The smallest absolute Gasteiger partial charge is 0.344 e. The number of pyridine rings is 1. The van der Waals surface area contributed by atoms with Crippen molar-refractivity contribution in [2.75, 3.05) is 65.4 Å². The fourth-order valence-corrected chi connectivity index (χ4v) is 6.45. The maximum absolute atomic E-state index is 13.6. The number of likely N-dealkylation sites (tertiary alicyclic amines) is 1. The van der Waals surface area contributed by atoms with E-state index in [4.69, 9.17) is 24.9 Å². The first-order valence-electron chi connectivity index (χ1n) is 17.6. The molecule has 2 amide bonds. The van der Waals surface area contributed by atoms with Crippen LogP contribution in [0.2, 0.25) is 0 Å². The minimum absolute atomic E-state index is 0.0878. The Morgan fingerprint density at radius 3 is 2.65 bits per heavy atom. The zero-order chi connectivity index (χ0) is 34.4. The number of hydrogen-bond acceptors (Lipinski definition) is 9. The van der Waals surface area contributed by atoms with E-state index in [-0.39, 0.29) is 12.6 Å². The third-order valence-corrected chi connectivity index (χ3v) is 8.88. The van der Waals surface area contributed by atoms with E-state index in [2.05, 4.69) is 25.8 Å². The predicted molar refractivity (Wildman–Crippen MR) is 192 cm³/mol. The second-order valence-electron chi connectivity index (χ2n) is 12.5. The molecule has 0 radical (unpaired) electrons. The van der Waals surface area contributed by atoms with Crippen molar-refractivity contribution < 1.29 is 23.8 Å². The zero-order valence-corrected chi connectivity index (χ0v) is 29.0. The van der Waals surface area contributed by atoms with Crippen molar-refractivity contribution in [1.29, 1.82) is 0 Å². The highest BCUT2D eigenvalue weighted by Crippen LogP contribution is 2.29. The summed E-state index contributed by atoms with van der Waals surface area (Å²) in [4.78, 5) is 39.2. The van der Waals surface area contributed by atoms with Crippen LogP contribution < -0.4 is 15.8 Å². The first-order chi connectivity index (χ1) is 24.0. The molecular weight excluding hydrogens is 622 g/mol. The number of aromatic nitrogens is 3. The molecule has 0 bridgehead atoms. The van der Waals surface area contributed by atoms with E-state index < -0.39 is 5.97 Å². The monoisotopic (exact) mass is 673 g/mol. The Labute approximate surface area is 288 Å². The van der Waals surface area contributed by atoms with Gasteiger partial charge in [0.05, 0.1) is 24.2 Å². The number of unbranched alkanes of at least 4 members (excludes halogenated alkanes) is 1. The summed E-state index contributed by atoms with van der Waals surface area (Å²) in [6, 6.07) is 15.4. The zero-order valence-electron chi connectivity index (χ0n) is 29.0. The van der Waals surface area contributed by atoms with Crippen LogP contribution in [0.3, 0.4) is 0 Å². The fourth-order valence-electron chi connectivity index (χ4n) is 6.45. The topological polar surface area (TPSA) is 137 Å². The van der Waals surface area contributed by atoms with Crippen LogP contribution >= 0.6 is 0 Å². The molecule has 1 saturated heterocycles. The third-order valence-electron chi connectivity index (χ3n) is 8.88. The van der Waals surface area contributed by atoms with Gasteiger partial charge in [-0.15, -0.1) is 0 Å². The highest BCUT2D eigenvalue weighted by Gasteiger charge is 2.19. The number of rotatable bonds is 18. The standard InChI is InChI=1S/C37H51N7O5/c1-3-48-33(45)27-49-29-14-11-13-28(25-29)26-43(37(46)39-18-12-21-42-19-7-4-8-20-42)22-9-10-23-44-32(17-24-47-2)41-34-35(44)30-15-5-6-16-31(30)40-36(34)38/h5-6,11,13-16,25H,3-4,7-10,12,17-24,26-27H2,1-2H3,(H2,38,40)(H,39,46). The van der Waals surface area contributed by atoms with Crippen LogP contribution in [-0.4, -0.2) is 96.0 Å². The van der Waals surface area contributed by atoms with Crippen molar-refractivity contribution in [3.8, 4) is 5.75 Å². The van der Waals surface area contributed by atoms with E-state index >= 15 is 0 Å². The van der Waals surface area contributed by atoms with Crippen molar-refractivity contribution in [1.82, 2.24) is 29.7 Å². The van der Waals surface area contributed by atoms with E-state index in [0.29, 0.717) is 62.9 Å². The number of nitrogens with two attached hydrogens (primary N) is 1. The Kier molecular flexibility index (Phi) is 13.5. The van der Waals surface area contributed by atoms with Crippen LogP contribution in [0.1, 0.15) is 56.8 Å². The lowest BCUT2D eigenvalue weighted by Crippen LogP contribution is -2.41. The number of benzene rings is 2. The van der Waals surface area contributed by atoms with Gasteiger partial charge in [0.15, 0.2) is 12.4 Å². The lowest BCUT2D eigenvalue weighted by atomic mass is 10.1. The van der Waals surface area contributed by atoms with Crippen LogP contribution in [-0.2, 0) is 33.8 Å². The van der Waals surface area contributed by atoms with Crippen molar-refractivity contribution in [3.05, 3.63) is 59.9 Å². The SMILES string of the molecule is CCOC(=O)COc1cccc(CN(CCCCn2c(CCOC)nc3c(N)nc4ccccc4c32)C(=O)NCCCN2CCCCC2)c1. The number of carbonyl (C=O) groups is 2. The normalized spacial score (nSPS) is 13.5. The fraction of sp³-hybridized carbons (Fsp3) is 0.514. The number of para-hydroxylation sites is 1. The summed E-state index contributed by atoms with van der Waals surface area (Å²) in [5.74, 6) is 1.47. The largest absolute Gasteiger partial charge is 0.482 e. The Morgan fingerprint density at radius 2 is 1.84 bits per heavy atom. The maximum Gasteiger partial charge on any atom is 0.344 e. The number of nitrogens with zero attached hydrogens (tertiary/aromatic N) is 5. The molecule has 1 fully saturated rings. The Balaban J connectivity index is 1.26. The number of nitrogen functional groups attached to an aromatic ring is 1. The van der Waals surface area contributed by atoms with E-state index in [0.717, 1.165) is 66.7 Å². The summed E-state index contributed by atoms with van der Waals surface area (Å²) in [5.41, 5.74) is 9.83. The third kappa shape index (κ3) is 10.1. The second kappa shape index (κ2) is 18.4. The lowest BCUT2D eigenvalue weighted by Gasteiger charge is -2.27. The second-order valence-corrected chi connectivity index (χ2v) is 12.5. The molecule has 264 valence electrons. The Morgan fingerprint density at radius 1 is 1.00 bits per heavy atom. The quantitative estimate of drug-likeness (QED) is 0.108. The molecule has 4 aromatic rings. The molecule has 0 atom stereocenters. The summed E-state index contributed by atoms with van der Waals surface area (Å²) < 4.78 is 18.3.